The molecule has 0 spiro atoms. The van der Waals surface area contributed by atoms with E-state index < -0.39 is 108 Å². The second kappa shape index (κ2) is 36.0. The number of hydrogen-bond donors (Lipinski definition) is 11. The zero-order valence-corrected chi connectivity index (χ0v) is 59.4. The monoisotopic (exact) mass is 1470 g/mol. The number of aromatic nitrogens is 1. The van der Waals surface area contributed by atoms with Crippen molar-refractivity contribution in [2.75, 3.05) is 26.7 Å². The van der Waals surface area contributed by atoms with Crippen molar-refractivity contribution in [1.82, 2.24) is 47.1 Å². The number of carbonyl (C=O) groups is 8. The minimum atomic E-state index is -5.97. The molecule has 1 aliphatic heterocycles. The number of aliphatic hydroxyl groups is 1. The molecule has 1 aromatic heterocycles. The number of phenolic OH excluding ortho intramolecular Hbond substituents is 1. The summed E-state index contributed by atoms with van der Waals surface area (Å²) in [5.41, 5.74) is 0.726. The highest BCUT2D eigenvalue weighted by atomic mass is 79.9. The number of halogens is 3. The maximum Gasteiger partial charge on any atom is 0.399 e. The van der Waals surface area contributed by atoms with Gasteiger partial charge < -0.3 is 66.9 Å². The van der Waals surface area contributed by atoms with Gasteiger partial charge in [0.05, 0.1) is 35.7 Å². The highest BCUT2D eigenvalue weighted by Crippen LogP contribution is 2.59. The summed E-state index contributed by atoms with van der Waals surface area (Å²) in [6, 6.07) is 23.4. The number of benzene rings is 5. The summed E-state index contributed by atoms with van der Waals surface area (Å²) in [6.07, 6.45) is 0.945. The molecular formula is C71H87BrF2N9O14PS. The fourth-order valence-corrected chi connectivity index (χ4v) is 12.9. The highest BCUT2D eigenvalue weighted by Gasteiger charge is 2.50. The van der Waals surface area contributed by atoms with Gasteiger partial charge in [0.1, 0.15) is 30.2 Å². The van der Waals surface area contributed by atoms with E-state index >= 15 is 0 Å². The number of methoxy groups -OCH3 is 1. The Bertz CT molecular complexity index is 3840. The van der Waals surface area contributed by atoms with Crippen molar-refractivity contribution in [1.29, 1.82) is 0 Å². The average Bonchev–Trinajstić information content (AvgIpc) is 1.78. The van der Waals surface area contributed by atoms with Gasteiger partial charge in [-0.25, -0.2) is 4.98 Å². The molecule has 0 saturated carbocycles. The van der Waals surface area contributed by atoms with Crippen LogP contribution in [0.15, 0.2) is 125 Å². The Hall–Kier alpha value is -8.46. The van der Waals surface area contributed by atoms with Crippen molar-refractivity contribution in [3.8, 4) is 21.9 Å². The molecule has 0 aliphatic carbocycles. The van der Waals surface area contributed by atoms with Gasteiger partial charge in [-0.1, -0.05) is 141 Å². The van der Waals surface area contributed by atoms with Gasteiger partial charge in [-0.15, -0.1) is 11.3 Å². The average molecular weight is 1470 g/mol. The van der Waals surface area contributed by atoms with Crippen molar-refractivity contribution in [3.63, 3.8) is 0 Å². The van der Waals surface area contributed by atoms with Crippen molar-refractivity contribution in [2.45, 2.75) is 160 Å². The van der Waals surface area contributed by atoms with Crippen LogP contribution in [0.3, 0.4) is 0 Å². The number of alkyl halides is 2. The number of hydrogen-bond acceptors (Lipinski definition) is 14. The minimum absolute atomic E-state index is 0.0223. The highest BCUT2D eigenvalue weighted by molar-refractivity contribution is 9.10. The van der Waals surface area contributed by atoms with E-state index in [0.29, 0.717) is 48.8 Å². The van der Waals surface area contributed by atoms with Gasteiger partial charge in [-0.2, -0.15) is 8.78 Å². The molecule has 28 heteroatoms. The number of rotatable bonds is 34. The zero-order chi connectivity index (χ0) is 72.2. The molecule has 6 atom stereocenters. The summed E-state index contributed by atoms with van der Waals surface area (Å²) in [4.78, 5) is 138. The van der Waals surface area contributed by atoms with Crippen LogP contribution in [0.1, 0.15) is 128 Å². The van der Waals surface area contributed by atoms with E-state index in [2.05, 4.69) is 58.1 Å². The summed E-state index contributed by atoms with van der Waals surface area (Å²) < 4.78 is 47.4. The van der Waals surface area contributed by atoms with Crippen molar-refractivity contribution >= 4 is 82.1 Å². The summed E-state index contributed by atoms with van der Waals surface area (Å²) >= 11 is 4.98. The van der Waals surface area contributed by atoms with Crippen LogP contribution in [-0.4, -0.2) is 140 Å². The number of phenols is 1. The lowest BCUT2D eigenvalue weighted by Crippen LogP contribution is -2.57. The number of likely N-dealkylation sites (tertiary alicyclic amines) is 1. The molecule has 1 fully saturated rings. The normalized spacial score (nSPS) is 15.2. The summed E-state index contributed by atoms with van der Waals surface area (Å²) in [6.45, 7) is 9.63. The lowest BCUT2D eigenvalue weighted by atomic mass is 9.85. The number of aliphatic hydroxyl groups excluding tert-OH is 1. The van der Waals surface area contributed by atoms with E-state index in [0.717, 1.165) is 56.0 Å². The molecule has 0 bridgehead atoms. The number of nitrogens with zero attached hydrogens (tertiary/aromatic N) is 2. The van der Waals surface area contributed by atoms with Crippen molar-refractivity contribution < 1.29 is 76.4 Å². The van der Waals surface area contributed by atoms with Gasteiger partial charge in [-0.3, -0.25) is 42.9 Å². The third-order valence-corrected chi connectivity index (χ3v) is 19.7. The van der Waals surface area contributed by atoms with Crippen LogP contribution >= 0.6 is 34.9 Å². The number of aromatic hydroxyl groups is 1. The molecule has 5 aromatic carbocycles. The van der Waals surface area contributed by atoms with Crippen molar-refractivity contribution in [2.24, 2.45) is 5.41 Å². The zero-order valence-electron chi connectivity index (χ0n) is 56.1. The lowest BCUT2D eigenvalue weighted by molar-refractivity contribution is -0.144. The molecule has 2 heterocycles. The number of thiazole rings is 1. The molecule has 1 saturated heterocycles. The first-order valence-corrected chi connectivity index (χ1v) is 35.9. The molecule has 8 amide bonds. The Kier molecular flexibility index (Phi) is 28.4. The smallest absolute Gasteiger partial charge is 0.399 e. The van der Waals surface area contributed by atoms with Gasteiger partial charge in [-0.05, 0) is 109 Å². The Balaban J connectivity index is 0.996. The second-order valence-electron chi connectivity index (χ2n) is 25.7. The molecule has 11 N–H and O–H groups in total. The molecule has 99 heavy (non-hydrogen) atoms. The van der Waals surface area contributed by atoms with Gasteiger partial charge in [0.2, 0.25) is 41.4 Å². The minimum Gasteiger partial charge on any atom is -0.504 e. The second-order valence-corrected chi connectivity index (χ2v) is 29.1. The molecule has 6 aromatic rings. The van der Waals surface area contributed by atoms with Gasteiger partial charge in [0, 0.05) is 67.5 Å². The van der Waals surface area contributed by atoms with Gasteiger partial charge in [0.15, 0.2) is 11.5 Å². The first kappa shape index (κ1) is 77.9. The van der Waals surface area contributed by atoms with E-state index in [-0.39, 0.29) is 87.7 Å². The molecule has 532 valence electrons. The van der Waals surface area contributed by atoms with Gasteiger partial charge >= 0.3 is 13.3 Å². The number of unbranched alkanes of at least 4 members (excludes halogenated alkanes) is 4. The quantitative estimate of drug-likeness (QED) is 0.0134. The summed E-state index contributed by atoms with van der Waals surface area (Å²) in [5.74, 6) is -4.71. The first-order chi connectivity index (χ1) is 46.9. The Morgan fingerprint density at radius 3 is 1.96 bits per heavy atom. The molecule has 7 rings (SSSR count). The molecule has 23 nitrogen and oxygen atoms in total. The number of ether oxygens (including phenoxy) is 1. The van der Waals surface area contributed by atoms with Crippen LogP contribution in [0.25, 0.3) is 10.4 Å². The van der Waals surface area contributed by atoms with E-state index in [1.165, 1.54) is 41.5 Å². The largest absolute Gasteiger partial charge is 0.504 e. The number of nitrogens with one attached hydrogen (secondary N) is 7. The van der Waals surface area contributed by atoms with Crippen LogP contribution in [0.5, 0.6) is 11.5 Å². The van der Waals surface area contributed by atoms with Gasteiger partial charge in [0.25, 0.3) is 5.91 Å². The third-order valence-electron chi connectivity index (χ3n) is 16.9. The van der Waals surface area contributed by atoms with Crippen LogP contribution in [0.2, 0.25) is 0 Å². The van der Waals surface area contributed by atoms with Crippen LogP contribution < -0.4 is 42.0 Å². The fraction of sp³-hybridized carbons (Fsp3) is 0.423. The van der Waals surface area contributed by atoms with Crippen LogP contribution in [0, 0.1) is 19.3 Å². The predicted molar refractivity (Wildman–Crippen MR) is 373 cm³/mol. The Morgan fingerprint density at radius 2 is 1.32 bits per heavy atom. The summed E-state index contributed by atoms with van der Waals surface area (Å²) in [5, 5.41) is 40.6. The first-order valence-electron chi connectivity index (χ1n) is 32.6. The van der Waals surface area contributed by atoms with Crippen molar-refractivity contribution in [3.05, 3.63) is 170 Å². The fourth-order valence-electron chi connectivity index (χ4n) is 11.2. The molecule has 1 aliphatic rings. The predicted octanol–water partition coefficient (Wildman–Crippen LogP) is 8.09. The maximum absolute atomic E-state index is 14.8. The SMILES string of the molecule is COc1cc(CC(=O)N[C@@H](Cc2ccccc2)C(=O)N[C@@H](Cc2ccc(C(F)(F)P(=O)(O)O)cc2)C(=O)N[C@@H](CCCCNC(=O)c2ccc(C)c(Br)c2)C(=O)NCCCCCCC(=O)N[C@H](C(=O)N2C[C@H](O)C[C@H]2C(=O)NCc2ccc(-c3scnc3C)cc2)C(C)(C)C)ccc1O. The van der Waals surface area contributed by atoms with E-state index in [4.69, 9.17) is 4.74 Å². The maximum atomic E-state index is 14.8. The number of β-amino-alcohol motifs (C(OH)–C–C–N with tert-alkyl or cyclic N) is 1. The molecule has 0 unspecified atom stereocenters. The standard InChI is InChI=1S/C71H87BrF2N9O14PS/c1-43-20-26-50(38-53(43)72)64(88)75-33-15-13-18-54(65(89)76-32-14-8-7-12-19-60(86)82-63(70(3,4)5)69(93)83-41-52(84)39-57(83)68(92)77-40-47-21-27-49(28-22-47)62-44(2)78-42-99-62)80-67(91)56(35-46-23-29-51(30-24-46)71(73,74)98(94,95)96)81-66(90)55(34-45-16-10-9-11-17-45)79-61(87)37-48-25-31-58(85)59(36-48)97-6/h9-11,16-17,20-31,36,38,42,52,54-57,63,84-85H,7-8,12-15,18-19,32-35,37,39-41H2,1-6H3,(H,75,88)(H,76,89)(H,77,92)(H,79,87)(H,80,91)(H,81,90)(H,82,86)(H2,94,95,96)/t52-,54+,55+,56+,57+,63-/m1/s1. The number of amides is 8. The van der Waals surface area contributed by atoms with E-state index in [1.54, 1.807) is 74.8 Å². The third kappa shape index (κ3) is 22.8. The number of carbonyl (C=O) groups excluding carboxylic acids is 8. The van der Waals surface area contributed by atoms with Crippen LogP contribution in [0.4, 0.5) is 8.78 Å². The van der Waals surface area contributed by atoms with Crippen LogP contribution in [-0.2, 0) is 69.6 Å². The Labute approximate surface area is 586 Å². The molecule has 0 radical (unpaired) electrons. The summed E-state index contributed by atoms with van der Waals surface area (Å²) in [7, 11) is -4.63. The van der Waals surface area contributed by atoms with E-state index in [1.807, 2.05) is 38.1 Å². The Morgan fingerprint density at radius 1 is 0.707 bits per heavy atom. The molecular weight excluding hydrogens is 1380 g/mol. The number of aryl methyl sites for hydroxylation is 2. The van der Waals surface area contributed by atoms with E-state index in [9.17, 15) is 71.7 Å². The lowest BCUT2D eigenvalue weighted by Gasteiger charge is -2.35. The topological polar surface area (TPSA) is 344 Å².